The van der Waals surface area contributed by atoms with E-state index >= 15 is 13.2 Å². The number of nitrogens with zero attached hydrogens (tertiary/aromatic N) is 1. The third-order valence-electron chi connectivity index (χ3n) is 7.34. The van der Waals surface area contributed by atoms with Crippen molar-refractivity contribution in [3.63, 3.8) is 0 Å². The van der Waals surface area contributed by atoms with Crippen molar-refractivity contribution in [3.05, 3.63) is 131 Å². The molecule has 4 aromatic carbocycles. The van der Waals surface area contributed by atoms with Crippen LogP contribution >= 0.6 is 0 Å². The number of aryl methyl sites for hydroxylation is 1. The Morgan fingerprint density at radius 1 is 0.617 bits per heavy atom. The molecule has 244 valence electrons. The van der Waals surface area contributed by atoms with Crippen LogP contribution in [0.1, 0.15) is 37.3 Å². The number of pyridine rings is 1. The zero-order valence-electron chi connectivity index (χ0n) is 24.4. The molecule has 0 aliphatic heterocycles. The molecule has 0 bridgehead atoms. The predicted molar refractivity (Wildman–Crippen MR) is 154 cm³/mol. The highest BCUT2D eigenvalue weighted by atomic mass is 19.3. The highest BCUT2D eigenvalue weighted by molar-refractivity contribution is 5.74. The molecule has 2 nitrogen and oxygen atoms in total. The summed E-state index contributed by atoms with van der Waals surface area (Å²) in [6, 6.07) is 9.40. The Labute approximate surface area is 262 Å². The molecule has 5 aromatic rings. The average molecular weight is 664 g/mol. The van der Waals surface area contributed by atoms with Gasteiger partial charge in [0, 0.05) is 29.5 Å². The van der Waals surface area contributed by atoms with Crippen LogP contribution in [0.4, 0.5) is 43.9 Å². The van der Waals surface area contributed by atoms with Crippen LogP contribution in [-0.4, -0.2) is 4.98 Å². The molecule has 0 fully saturated rings. The second-order valence-corrected chi connectivity index (χ2v) is 10.7. The lowest BCUT2D eigenvalue weighted by atomic mass is 9.96. The fraction of sp³-hybridized carbons (Fsp3) is 0.171. The molecule has 0 atom stereocenters. The highest BCUT2D eigenvalue weighted by Gasteiger charge is 2.42. The van der Waals surface area contributed by atoms with E-state index in [4.69, 9.17) is 0 Å². The molecule has 0 amide bonds. The summed E-state index contributed by atoms with van der Waals surface area (Å²) < 4.78 is 149. The molecule has 0 aliphatic rings. The van der Waals surface area contributed by atoms with E-state index in [0.717, 1.165) is 37.3 Å². The maximum absolute atomic E-state index is 15.2. The molecule has 1 aromatic heterocycles. The Kier molecular flexibility index (Phi) is 9.60. The Balaban J connectivity index is 1.41. The molecule has 47 heavy (non-hydrogen) atoms. The summed E-state index contributed by atoms with van der Waals surface area (Å²) >= 11 is 0. The summed E-state index contributed by atoms with van der Waals surface area (Å²) in [6.45, 7) is 2.10. The van der Waals surface area contributed by atoms with Gasteiger partial charge in [-0.25, -0.2) is 35.1 Å². The lowest BCUT2D eigenvalue weighted by Crippen LogP contribution is -2.25. The average Bonchev–Trinajstić information content (AvgIpc) is 2.99. The largest absolute Gasteiger partial charge is 0.432 e. The monoisotopic (exact) mass is 663 g/mol. The van der Waals surface area contributed by atoms with Crippen LogP contribution in [0.25, 0.3) is 33.5 Å². The van der Waals surface area contributed by atoms with Gasteiger partial charge in [0.15, 0.2) is 17.5 Å². The SMILES string of the molecule is CCCCCc1ccc(-c2ccc(-c3cc(F)c(-c4cc(F)c(C(F)(F)Oc5cc(F)c(F)c(F)c5)c(F)c4)c(F)c3)c(F)c2)nc1. The molecular formula is C35H23F10NO. The molecule has 12 heteroatoms. The molecule has 1 heterocycles. The van der Waals surface area contributed by atoms with Gasteiger partial charge in [-0.1, -0.05) is 38.0 Å². The Morgan fingerprint density at radius 3 is 1.77 bits per heavy atom. The minimum atomic E-state index is -4.90. The topological polar surface area (TPSA) is 22.1 Å². The van der Waals surface area contributed by atoms with Crippen molar-refractivity contribution >= 4 is 0 Å². The summed E-state index contributed by atoms with van der Waals surface area (Å²) in [5, 5.41) is 0. The first-order valence-electron chi connectivity index (χ1n) is 14.2. The minimum Gasteiger partial charge on any atom is -0.429 e. The van der Waals surface area contributed by atoms with Gasteiger partial charge < -0.3 is 4.74 Å². The number of ether oxygens (including phenoxy) is 1. The molecule has 0 unspecified atom stereocenters. The third-order valence-corrected chi connectivity index (χ3v) is 7.34. The van der Waals surface area contributed by atoms with Crippen molar-refractivity contribution in [1.82, 2.24) is 4.98 Å². The van der Waals surface area contributed by atoms with Crippen molar-refractivity contribution in [2.45, 2.75) is 38.7 Å². The van der Waals surface area contributed by atoms with Crippen LogP contribution in [0.2, 0.25) is 0 Å². The van der Waals surface area contributed by atoms with Gasteiger partial charge in [0.25, 0.3) is 0 Å². The minimum absolute atomic E-state index is 0.0304. The second kappa shape index (κ2) is 13.5. The first-order chi connectivity index (χ1) is 22.3. The molecule has 0 saturated heterocycles. The van der Waals surface area contributed by atoms with Crippen LogP contribution in [0.5, 0.6) is 5.75 Å². The van der Waals surface area contributed by atoms with Crippen LogP contribution < -0.4 is 4.74 Å². The van der Waals surface area contributed by atoms with Gasteiger partial charge in [-0.2, -0.15) is 8.78 Å². The van der Waals surface area contributed by atoms with Crippen molar-refractivity contribution in [3.8, 4) is 39.3 Å². The van der Waals surface area contributed by atoms with Gasteiger partial charge in [-0.05, 0) is 65.9 Å². The van der Waals surface area contributed by atoms with Crippen molar-refractivity contribution in [2.24, 2.45) is 0 Å². The maximum atomic E-state index is 15.2. The first kappa shape index (κ1) is 33.5. The number of benzene rings is 4. The van der Waals surface area contributed by atoms with E-state index in [-0.39, 0.29) is 35.4 Å². The molecular weight excluding hydrogens is 640 g/mol. The quantitative estimate of drug-likeness (QED) is 0.0843. The number of alkyl halides is 2. The Morgan fingerprint density at radius 2 is 1.21 bits per heavy atom. The summed E-state index contributed by atoms with van der Waals surface area (Å²) in [5.41, 5.74) is -2.44. The van der Waals surface area contributed by atoms with E-state index in [2.05, 4.69) is 16.6 Å². The van der Waals surface area contributed by atoms with Crippen LogP contribution in [-0.2, 0) is 12.5 Å². The third kappa shape index (κ3) is 7.11. The first-order valence-corrected chi connectivity index (χ1v) is 14.2. The fourth-order valence-corrected chi connectivity index (χ4v) is 5.02. The smallest absolute Gasteiger partial charge is 0.429 e. The fourth-order valence-electron chi connectivity index (χ4n) is 5.02. The van der Waals surface area contributed by atoms with E-state index in [1.54, 1.807) is 12.3 Å². The molecule has 0 N–H and O–H groups in total. The van der Waals surface area contributed by atoms with Gasteiger partial charge in [0.1, 0.15) is 40.4 Å². The normalized spacial score (nSPS) is 11.6. The zero-order valence-corrected chi connectivity index (χ0v) is 24.4. The number of rotatable bonds is 10. The van der Waals surface area contributed by atoms with Gasteiger partial charge >= 0.3 is 6.11 Å². The number of unbranched alkanes of at least 4 members (excludes halogenated alkanes) is 2. The van der Waals surface area contributed by atoms with Crippen molar-refractivity contribution < 1.29 is 48.6 Å². The van der Waals surface area contributed by atoms with E-state index < -0.39 is 75.1 Å². The standard InChI is InChI=1S/C35H23F10NO/c1-2-3-4-5-18-6-9-31(46-17-18)19-7-8-23(24(36)10-19)20-11-25(37)32(26(38)12-20)21-13-27(39)33(28(40)14-21)35(44,45)47-22-15-29(41)34(43)30(42)16-22/h6-17H,2-5H2,1H3. The van der Waals surface area contributed by atoms with E-state index in [1.807, 2.05) is 6.07 Å². The van der Waals surface area contributed by atoms with E-state index in [1.165, 1.54) is 12.1 Å². The molecule has 0 spiro atoms. The van der Waals surface area contributed by atoms with E-state index in [9.17, 15) is 30.7 Å². The molecule has 0 radical (unpaired) electrons. The molecule has 5 rings (SSSR count). The Bertz CT molecular complexity index is 1870. The highest BCUT2D eigenvalue weighted by Crippen LogP contribution is 2.39. The van der Waals surface area contributed by atoms with Gasteiger partial charge in [-0.3, -0.25) is 4.98 Å². The number of halogens is 10. The number of hydrogen-bond acceptors (Lipinski definition) is 2. The second-order valence-electron chi connectivity index (χ2n) is 10.7. The molecule has 0 aliphatic carbocycles. The predicted octanol–water partition coefficient (Wildman–Crippen LogP) is 11.1. The number of aromatic nitrogens is 1. The van der Waals surface area contributed by atoms with E-state index in [0.29, 0.717) is 23.4 Å². The van der Waals surface area contributed by atoms with Crippen molar-refractivity contribution in [1.29, 1.82) is 0 Å². The maximum Gasteiger partial charge on any atom is 0.432 e. The van der Waals surface area contributed by atoms with Gasteiger partial charge in [-0.15, -0.1) is 0 Å². The van der Waals surface area contributed by atoms with Gasteiger partial charge in [0.05, 0.1) is 11.3 Å². The lowest BCUT2D eigenvalue weighted by molar-refractivity contribution is -0.189. The molecule has 0 saturated carbocycles. The van der Waals surface area contributed by atoms with Crippen LogP contribution in [0.15, 0.2) is 72.9 Å². The summed E-state index contributed by atoms with van der Waals surface area (Å²) in [5.74, 6) is -14.8. The lowest BCUT2D eigenvalue weighted by Gasteiger charge is -2.20. The summed E-state index contributed by atoms with van der Waals surface area (Å²) in [4.78, 5) is 4.36. The summed E-state index contributed by atoms with van der Waals surface area (Å²) in [7, 11) is 0. The Hall–Kier alpha value is -4.87. The van der Waals surface area contributed by atoms with Gasteiger partial charge in [0.2, 0.25) is 0 Å². The zero-order chi connectivity index (χ0) is 34.0. The summed E-state index contributed by atoms with van der Waals surface area (Å²) in [6.07, 6.45) is 0.818. The van der Waals surface area contributed by atoms with Crippen LogP contribution in [0.3, 0.4) is 0 Å². The number of hydrogen-bond donors (Lipinski definition) is 0. The van der Waals surface area contributed by atoms with Crippen LogP contribution in [0, 0.1) is 46.5 Å². The van der Waals surface area contributed by atoms with Crippen molar-refractivity contribution in [2.75, 3.05) is 0 Å².